The number of rotatable bonds is 3. The van der Waals surface area contributed by atoms with Gasteiger partial charge in [0.05, 0.1) is 4.88 Å². The third kappa shape index (κ3) is 3.18. The summed E-state index contributed by atoms with van der Waals surface area (Å²) in [6.07, 6.45) is 4.85. The standard InChI is InChI=1S/C16H18NOS.BrH/c1-12-6-8-13(9-7-12)15(18)10-17-11-19-16-5-3-2-4-14(16)17;/h6-9,11H,2-5,10H2,1H3;1H/q+1;/p-1. The van der Waals surface area contributed by atoms with Crippen molar-refractivity contribution in [2.24, 2.45) is 0 Å². The van der Waals surface area contributed by atoms with Gasteiger partial charge in [-0.1, -0.05) is 41.2 Å². The molecule has 1 heterocycles. The fraction of sp³-hybridized carbons (Fsp3) is 0.375. The molecule has 0 N–H and O–H groups in total. The largest absolute Gasteiger partial charge is 1.00 e. The van der Waals surface area contributed by atoms with Crippen LogP contribution in [0.15, 0.2) is 29.8 Å². The summed E-state index contributed by atoms with van der Waals surface area (Å²) in [7, 11) is 0. The maximum atomic E-state index is 12.3. The second kappa shape index (κ2) is 6.64. The summed E-state index contributed by atoms with van der Waals surface area (Å²) in [5.41, 5.74) is 5.50. The third-order valence-electron chi connectivity index (χ3n) is 3.75. The molecule has 0 saturated carbocycles. The number of aryl methyl sites for hydroxylation is 2. The number of thiazole rings is 1. The average molecular weight is 352 g/mol. The van der Waals surface area contributed by atoms with Crippen molar-refractivity contribution in [3.8, 4) is 0 Å². The van der Waals surface area contributed by atoms with E-state index in [2.05, 4.69) is 10.1 Å². The molecule has 0 aliphatic heterocycles. The highest BCUT2D eigenvalue weighted by Crippen LogP contribution is 2.22. The van der Waals surface area contributed by atoms with Crippen molar-refractivity contribution < 1.29 is 26.3 Å². The molecule has 1 aromatic heterocycles. The van der Waals surface area contributed by atoms with Gasteiger partial charge in [0.25, 0.3) is 0 Å². The first-order chi connectivity index (χ1) is 9.24. The summed E-state index contributed by atoms with van der Waals surface area (Å²) in [6, 6.07) is 7.86. The third-order valence-corrected chi connectivity index (χ3v) is 4.83. The molecule has 0 atom stereocenters. The second-order valence-electron chi connectivity index (χ2n) is 5.22. The van der Waals surface area contributed by atoms with E-state index < -0.39 is 0 Å². The first-order valence-electron chi connectivity index (χ1n) is 6.82. The maximum Gasteiger partial charge on any atom is 0.227 e. The van der Waals surface area contributed by atoms with Crippen LogP contribution < -0.4 is 21.5 Å². The number of halogens is 1. The molecule has 0 radical (unpaired) electrons. The van der Waals surface area contributed by atoms with Crippen LogP contribution in [0.4, 0.5) is 0 Å². The van der Waals surface area contributed by atoms with Crippen LogP contribution in [0.2, 0.25) is 0 Å². The molecule has 0 spiro atoms. The lowest BCUT2D eigenvalue weighted by atomic mass is 10.0. The number of carbonyl (C=O) groups is 1. The lowest BCUT2D eigenvalue weighted by Crippen LogP contribution is -3.00. The Balaban J connectivity index is 0.00000147. The molecule has 1 aromatic carbocycles. The van der Waals surface area contributed by atoms with Gasteiger partial charge in [0.15, 0.2) is 5.69 Å². The van der Waals surface area contributed by atoms with Crippen molar-refractivity contribution in [1.82, 2.24) is 0 Å². The Morgan fingerprint density at radius 2 is 1.90 bits per heavy atom. The van der Waals surface area contributed by atoms with Crippen molar-refractivity contribution in [2.45, 2.75) is 39.2 Å². The monoisotopic (exact) mass is 351 g/mol. The molecule has 2 aromatic rings. The van der Waals surface area contributed by atoms with Crippen LogP contribution in [0.25, 0.3) is 0 Å². The van der Waals surface area contributed by atoms with Crippen LogP contribution in [0.3, 0.4) is 0 Å². The minimum Gasteiger partial charge on any atom is -1.00 e. The summed E-state index contributed by atoms with van der Waals surface area (Å²) in [4.78, 5) is 13.8. The normalized spacial score (nSPS) is 13.4. The first-order valence-corrected chi connectivity index (χ1v) is 7.70. The molecule has 0 amide bonds. The predicted molar refractivity (Wildman–Crippen MR) is 76.7 cm³/mol. The Hall–Kier alpha value is -1.00. The second-order valence-corrected chi connectivity index (χ2v) is 6.16. The van der Waals surface area contributed by atoms with Gasteiger partial charge in [0, 0.05) is 12.0 Å². The summed E-state index contributed by atoms with van der Waals surface area (Å²) in [5.74, 6) is 0.205. The smallest absolute Gasteiger partial charge is 0.227 e. The van der Waals surface area contributed by atoms with E-state index in [1.165, 1.54) is 35.4 Å². The minimum atomic E-state index is 0. The number of hydrogen-bond donors (Lipinski definition) is 0. The van der Waals surface area contributed by atoms with Crippen LogP contribution >= 0.6 is 11.3 Å². The first kappa shape index (κ1) is 15.4. The molecule has 4 heteroatoms. The van der Waals surface area contributed by atoms with Crippen LogP contribution in [-0.2, 0) is 19.4 Å². The molecular weight excluding hydrogens is 334 g/mol. The van der Waals surface area contributed by atoms with E-state index in [9.17, 15) is 4.79 Å². The van der Waals surface area contributed by atoms with Gasteiger partial charge in [-0.15, -0.1) is 0 Å². The van der Waals surface area contributed by atoms with Gasteiger partial charge in [-0.2, -0.15) is 4.57 Å². The van der Waals surface area contributed by atoms with Crippen LogP contribution in [0.5, 0.6) is 0 Å². The lowest BCUT2D eigenvalue weighted by Gasteiger charge is -2.07. The van der Waals surface area contributed by atoms with Crippen LogP contribution in [-0.4, -0.2) is 5.78 Å². The molecule has 0 unspecified atom stereocenters. The molecule has 2 nitrogen and oxygen atoms in total. The Morgan fingerprint density at radius 1 is 1.20 bits per heavy atom. The Labute approximate surface area is 134 Å². The van der Waals surface area contributed by atoms with Crippen molar-refractivity contribution in [3.05, 3.63) is 51.5 Å². The van der Waals surface area contributed by atoms with Gasteiger partial charge in [-0.3, -0.25) is 4.79 Å². The molecule has 0 fully saturated rings. The van der Waals surface area contributed by atoms with E-state index in [4.69, 9.17) is 0 Å². The van der Waals surface area contributed by atoms with Gasteiger partial charge in [0.2, 0.25) is 17.8 Å². The van der Waals surface area contributed by atoms with E-state index in [0.29, 0.717) is 6.54 Å². The molecule has 106 valence electrons. The Bertz CT molecular complexity index is 603. The van der Waals surface area contributed by atoms with Gasteiger partial charge < -0.3 is 17.0 Å². The summed E-state index contributed by atoms with van der Waals surface area (Å²) < 4.78 is 2.15. The lowest BCUT2D eigenvalue weighted by molar-refractivity contribution is -0.686. The fourth-order valence-corrected chi connectivity index (χ4v) is 3.68. The van der Waals surface area contributed by atoms with Crippen LogP contribution in [0, 0.1) is 6.92 Å². The Morgan fingerprint density at radius 3 is 2.65 bits per heavy atom. The van der Waals surface area contributed by atoms with Crippen molar-refractivity contribution in [2.75, 3.05) is 0 Å². The van der Waals surface area contributed by atoms with E-state index in [1.807, 2.05) is 31.2 Å². The SMILES string of the molecule is Cc1ccc(C(=O)C[n+]2csc3c2CCCC3)cc1.[Br-]. The zero-order valence-electron chi connectivity index (χ0n) is 11.6. The fourth-order valence-electron chi connectivity index (χ4n) is 2.60. The molecule has 1 aliphatic carbocycles. The van der Waals surface area contributed by atoms with E-state index in [1.54, 1.807) is 11.3 Å². The highest BCUT2D eigenvalue weighted by atomic mass is 79.9. The quantitative estimate of drug-likeness (QED) is 0.568. The minimum absolute atomic E-state index is 0. The highest BCUT2D eigenvalue weighted by Gasteiger charge is 2.24. The summed E-state index contributed by atoms with van der Waals surface area (Å²) in [6.45, 7) is 2.52. The van der Waals surface area contributed by atoms with E-state index in [0.717, 1.165) is 12.0 Å². The maximum absolute atomic E-state index is 12.3. The number of nitrogens with zero attached hydrogens (tertiary/aromatic N) is 1. The molecule has 3 rings (SSSR count). The number of fused-ring (bicyclic) bond motifs is 1. The number of aromatic nitrogens is 1. The van der Waals surface area contributed by atoms with Crippen molar-refractivity contribution >= 4 is 17.1 Å². The molecule has 1 aliphatic rings. The number of benzene rings is 1. The van der Waals surface area contributed by atoms with Crippen LogP contribution in [0.1, 0.15) is 39.3 Å². The number of carbonyl (C=O) groups excluding carboxylic acids is 1. The highest BCUT2D eigenvalue weighted by molar-refractivity contribution is 7.09. The number of hydrogen-bond acceptors (Lipinski definition) is 2. The van der Waals surface area contributed by atoms with Gasteiger partial charge in [0.1, 0.15) is 0 Å². The molecule has 0 saturated heterocycles. The van der Waals surface area contributed by atoms with E-state index >= 15 is 0 Å². The molecule has 0 bridgehead atoms. The van der Waals surface area contributed by atoms with Gasteiger partial charge in [-0.05, 0) is 26.2 Å². The molecule has 20 heavy (non-hydrogen) atoms. The summed E-state index contributed by atoms with van der Waals surface area (Å²) in [5, 5.41) is 0. The zero-order valence-corrected chi connectivity index (χ0v) is 14.0. The van der Waals surface area contributed by atoms with Crippen molar-refractivity contribution in [1.29, 1.82) is 0 Å². The van der Waals surface area contributed by atoms with Gasteiger partial charge >= 0.3 is 0 Å². The zero-order chi connectivity index (χ0) is 13.2. The average Bonchev–Trinajstić information content (AvgIpc) is 2.83. The molecular formula is C16H18BrNOS. The summed E-state index contributed by atoms with van der Waals surface area (Å²) >= 11 is 1.80. The number of ketones is 1. The topological polar surface area (TPSA) is 20.9 Å². The Kier molecular flexibility index (Phi) is 5.11. The van der Waals surface area contributed by atoms with E-state index in [-0.39, 0.29) is 22.8 Å². The number of Topliss-reactive ketones (excluding diaryl/α,β-unsaturated/α-hetero) is 1. The predicted octanol–water partition coefficient (Wildman–Crippen LogP) is 0.110. The van der Waals surface area contributed by atoms with Gasteiger partial charge in [-0.25, -0.2) is 0 Å². The van der Waals surface area contributed by atoms with Crippen molar-refractivity contribution in [3.63, 3.8) is 0 Å².